The molecule has 0 saturated heterocycles. The van der Waals surface area contributed by atoms with Gasteiger partial charge in [0.15, 0.2) is 0 Å². The molecule has 0 aliphatic heterocycles. The molecule has 4 rings (SSSR count). The Hall–Kier alpha value is -3.93. The number of carbonyl (C=O) groups excluding carboxylic acids is 1. The van der Waals surface area contributed by atoms with E-state index in [2.05, 4.69) is 10.3 Å². The Morgan fingerprint density at radius 3 is 2.53 bits per heavy atom. The van der Waals surface area contributed by atoms with Crippen LogP contribution in [0.5, 0.6) is 11.5 Å². The van der Waals surface area contributed by atoms with Crippen molar-refractivity contribution in [2.24, 2.45) is 0 Å². The number of rotatable bonds is 9. The van der Waals surface area contributed by atoms with Crippen LogP contribution in [0, 0.1) is 0 Å². The zero-order valence-electron chi connectivity index (χ0n) is 18.0. The average Bonchev–Trinajstić information content (AvgIpc) is 3.26. The molecular weight excluding hydrogens is 404 g/mol. The normalized spacial score (nSPS) is 10.7. The Labute approximate surface area is 187 Å². The van der Waals surface area contributed by atoms with Crippen molar-refractivity contribution in [3.63, 3.8) is 0 Å². The number of ether oxygens (including phenoxy) is 3. The van der Waals surface area contributed by atoms with Crippen molar-refractivity contribution < 1.29 is 19.0 Å². The van der Waals surface area contributed by atoms with Gasteiger partial charge >= 0.3 is 6.09 Å². The number of para-hydroxylation sites is 1. The van der Waals surface area contributed by atoms with Gasteiger partial charge in [0.2, 0.25) is 0 Å². The third kappa shape index (κ3) is 5.21. The average molecular weight is 431 g/mol. The van der Waals surface area contributed by atoms with Crippen LogP contribution in [-0.2, 0) is 24.3 Å². The zero-order chi connectivity index (χ0) is 22.2. The van der Waals surface area contributed by atoms with E-state index in [0.717, 1.165) is 39.1 Å². The number of methoxy groups -OCH3 is 1. The molecule has 0 aliphatic carbocycles. The van der Waals surface area contributed by atoms with Gasteiger partial charge in [-0.2, -0.15) is 0 Å². The van der Waals surface area contributed by atoms with Gasteiger partial charge in [-0.3, -0.25) is 0 Å². The Morgan fingerprint density at radius 2 is 1.69 bits per heavy atom. The molecule has 0 atom stereocenters. The highest BCUT2D eigenvalue weighted by Crippen LogP contribution is 2.30. The summed E-state index contributed by atoms with van der Waals surface area (Å²) in [6, 6.07) is 23.5. The first-order valence-electron chi connectivity index (χ1n) is 10.5. The minimum Gasteiger partial charge on any atom is -0.496 e. The number of nitrogens with one attached hydrogen (secondary N) is 2. The Balaban J connectivity index is 1.33. The highest BCUT2D eigenvalue weighted by molar-refractivity contribution is 5.89. The first kappa shape index (κ1) is 21.3. The van der Waals surface area contributed by atoms with Gasteiger partial charge in [-0.1, -0.05) is 54.6 Å². The molecule has 0 bridgehead atoms. The SMILES string of the molecule is COc1ccccc1CNC(=O)OCCc1c[nH]c2cccc(OCc3ccccc3)c12. The summed E-state index contributed by atoms with van der Waals surface area (Å²) in [6.45, 7) is 1.09. The molecule has 0 spiro atoms. The summed E-state index contributed by atoms with van der Waals surface area (Å²) in [4.78, 5) is 15.4. The van der Waals surface area contributed by atoms with E-state index in [0.29, 0.717) is 19.6 Å². The molecule has 0 saturated carbocycles. The van der Waals surface area contributed by atoms with E-state index in [9.17, 15) is 4.79 Å². The van der Waals surface area contributed by atoms with E-state index in [1.54, 1.807) is 7.11 Å². The number of hydrogen-bond acceptors (Lipinski definition) is 4. The summed E-state index contributed by atoms with van der Waals surface area (Å²) in [7, 11) is 1.61. The van der Waals surface area contributed by atoms with Gasteiger partial charge in [-0.15, -0.1) is 0 Å². The third-order valence-electron chi connectivity index (χ3n) is 5.21. The molecule has 3 aromatic carbocycles. The Kier molecular flexibility index (Phi) is 6.92. The minimum atomic E-state index is -0.462. The first-order valence-corrected chi connectivity index (χ1v) is 10.5. The molecule has 0 unspecified atom stereocenters. The lowest BCUT2D eigenvalue weighted by atomic mass is 10.1. The molecule has 4 aromatic rings. The lowest BCUT2D eigenvalue weighted by Gasteiger charge is -2.11. The molecule has 1 amide bonds. The number of aromatic nitrogens is 1. The van der Waals surface area contributed by atoms with Crippen LogP contribution in [0.1, 0.15) is 16.7 Å². The van der Waals surface area contributed by atoms with Gasteiger partial charge in [0, 0.05) is 35.6 Å². The van der Waals surface area contributed by atoms with Crippen molar-refractivity contribution in [2.75, 3.05) is 13.7 Å². The minimum absolute atomic E-state index is 0.262. The van der Waals surface area contributed by atoms with Crippen molar-refractivity contribution >= 4 is 17.0 Å². The molecule has 0 aliphatic rings. The number of hydrogen-bond donors (Lipinski definition) is 2. The molecule has 0 radical (unpaired) electrons. The second kappa shape index (κ2) is 10.4. The van der Waals surface area contributed by atoms with Gasteiger partial charge in [0.05, 0.1) is 13.7 Å². The monoisotopic (exact) mass is 430 g/mol. The van der Waals surface area contributed by atoms with E-state index in [1.165, 1.54) is 0 Å². The van der Waals surface area contributed by atoms with E-state index in [-0.39, 0.29) is 6.61 Å². The standard InChI is InChI=1S/C26H26N2O4/c1-30-23-12-6-5-10-20(23)16-28-26(29)31-15-14-21-17-27-22-11-7-13-24(25(21)22)32-18-19-8-3-2-4-9-19/h2-13,17,27H,14-16,18H2,1H3,(H,28,29). The second-order valence-electron chi connectivity index (χ2n) is 7.32. The summed E-state index contributed by atoms with van der Waals surface area (Å²) < 4.78 is 16.8. The van der Waals surface area contributed by atoms with Crippen LogP contribution in [0.4, 0.5) is 4.79 Å². The number of alkyl carbamates (subject to hydrolysis) is 1. The van der Waals surface area contributed by atoms with Crippen LogP contribution >= 0.6 is 0 Å². The van der Waals surface area contributed by atoms with Crippen LogP contribution in [-0.4, -0.2) is 24.8 Å². The molecule has 32 heavy (non-hydrogen) atoms. The summed E-state index contributed by atoms with van der Waals surface area (Å²) in [6.07, 6.45) is 2.06. The maximum atomic E-state index is 12.1. The molecule has 164 valence electrons. The number of H-pyrrole nitrogens is 1. The number of amides is 1. The largest absolute Gasteiger partial charge is 0.496 e. The number of fused-ring (bicyclic) bond motifs is 1. The lowest BCUT2D eigenvalue weighted by molar-refractivity contribution is 0.147. The van der Waals surface area contributed by atoms with Crippen molar-refractivity contribution in [2.45, 2.75) is 19.6 Å². The van der Waals surface area contributed by atoms with Gasteiger partial charge in [-0.25, -0.2) is 4.79 Å². The summed E-state index contributed by atoms with van der Waals surface area (Å²) in [5.41, 5.74) is 4.04. The first-order chi connectivity index (χ1) is 15.7. The highest BCUT2D eigenvalue weighted by atomic mass is 16.5. The van der Waals surface area contributed by atoms with Crippen LogP contribution in [0.25, 0.3) is 10.9 Å². The lowest BCUT2D eigenvalue weighted by Crippen LogP contribution is -2.24. The van der Waals surface area contributed by atoms with E-state index < -0.39 is 6.09 Å². The fraction of sp³-hybridized carbons (Fsp3) is 0.192. The second-order valence-corrected chi connectivity index (χ2v) is 7.32. The van der Waals surface area contributed by atoms with Crippen molar-refractivity contribution in [3.05, 3.63) is 95.7 Å². The Bertz CT molecular complexity index is 1170. The van der Waals surface area contributed by atoms with Crippen LogP contribution < -0.4 is 14.8 Å². The summed E-state index contributed by atoms with van der Waals surface area (Å²) in [5, 5.41) is 3.78. The van der Waals surface area contributed by atoms with Gasteiger partial charge < -0.3 is 24.5 Å². The number of aromatic amines is 1. The predicted molar refractivity (Wildman–Crippen MR) is 124 cm³/mol. The fourth-order valence-electron chi connectivity index (χ4n) is 3.59. The van der Waals surface area contributed by atoms with E-state index in [1.807, 2.05) is 79.0 Å². The summed E-state index contributed by atoms with van der Waals surface area (Å²) >= 11 is 0. The van der Waals surface area contributed by atoms with Crippen molar-refractivity contribution in [1.29, 1.82) is 0 Å². The maximum Gasteiger partial charge on any atom is 0.407 e. The molecule has 1 heterocycles. The quantitative estimate of drug-likeness (QED) is 0.382. The molecule has 1 aromatic heterocycles. The maximum absolute atomic E-state index is 12.1. The molecule has 2 N–H and O–H groups in total. The topological polar surface area (TPSA) is 72.6 Å². The number of carbonyl (C=O) groups is 1. The Morgan fingerprint density at radius 1 is 0.906 bits per heavy atom. The van der Waals surface area contributed by atoms with Crippen LogP contribution in [0.15, 0.2) is 79.0 Å². The van der Waals surface area contributed by atoms with Gasteiger partial charge in [-0.05, 0) is 29.3 Å². The smallest absolute Gasteiger partial charge is 0.407 e. The molecular formula is C26H26N2O4. The van der Waals surface area contributed by atoms with Gasteiger partial charge in [0.1, 0.15) is 18.1 Å². The highest BCUT2D eigenvalue weighted by Gasteiger charge is 2.11. The number of benzene rings is 3. The van der Waals surface area contributed by atoms with E-state index >= 15 is 0 Å². The van der Waals surface area contributed by atoms with Crippen molar-refractivity contribution in [3.8, 4) is 11.5 Å². The van der Waals surface area contributed by atoms with Crippen LogP contribution in [0.2, 0.25) is 0 Å². The van der Waals surface area contributed by atoms with Gasteiger partial charge in [0.25, 0.3) is 0 Å². The predicted octanol–water partition coefficient (Wildman–Crippen LogP) is 5.22. The third-order valence-corrected chi connectivity index (χ3v) is 5.21. The zero-order valence-corrected chi connectivity index (χ0v) is 18.0. The van der Waals surface area contributed by atoms with E-state index in [4.69, 9.17) is 14.2 Å². The molecule has 6 nitrogen and oxygen atoms in total. The summed E-state index contributed by atoms with van der Waals surface area (Å²) in [5.74, 6) is 1.54. The molecule has 6 heteroatoms. The van der Waals surface area contributed by atoms with Crippen LogP contribution in [0.3, 0.4) is 0 Å². The molecule has 0 fully saturated rings. The van der Waals surface area contributed by atoms with Crippen molar-refractivity contribution in [1.82, 2.24) is 10.3 Å². The fourth-order valence-corrected chi connectivity index (χ4v) is 3.59.